The molecule has 0 aliphatic heterocycles. The maximum atomic E-state index is 10.6. The third-order valence-corrected chi connectivity index (χ3v) is 17.8. The average molecular weight is 833 g/mol. The standard InChI is InChI=1S/C62H67N/c1-58(2)27-29-60(5,6)56-36-43(17-25-53(56)58)41-13-19-47(20-14-41)63(48-21-15-42(16-22-48)44-18-26-54-57(37-44)61(7,8)30-28-59(54,3)4)49-23-24-51-50-11-9-10-12-52(50)62(55(51)38-49)45-32-39-31-40(34-45)35-46(62)33-39/h9-26,36-40,45-46H,27-35H2,1-8H3/i9D,10D,11D,12D,23D,24D,38D. The summed E-state index contributed by atoms with van der Waals surface area (Å²) < 4.78 is 67.5. The number of hydrogen-bond donors (Lipinski definition) is 0. The number of rotatable bonds is 5. The van der Waals surface area contributed by atoms with Crippen molar-refractivity contribution in [1.82, 2.24) is 0 Å². The first-order valence-corrected chi connectivity index (χ1v) is 24.1. The molecule has 0 aromatic heterocycles. The van der Waals surface area contributed by atoms with Gasteiger partial charge in [-0.05, 0) is 206 Å². The van der Waals surface area contributed by atoms with Crippen molar-refractivity contribution in [1.29, 1.82) is 0 Å². The summed E-state index contributed by atoms with van der Waals surface area (Å²) >= 11 is 0. The lowest BCUT2D eigenvalue weighted by molar-refractivity contribution is -0.0399. The Hall–Kier alpha value is -4.88. The fourth-order valence-electron chi connectivity index (χ4n) is 14.2. The predicted octanol–water partition coefficient (Wildman–Crippen LogP) is 16.9. The summed E-state index contributed by atoms with van der Waals surface area (Å²) in [4.78, 5) is 2.01. The molecule has 0 amide bonds. The van der Waals surface area contributed by atoms with E-state index in [0.29, 0.717) is 39.8 Å². The van der Waals surface area contributed by atoms with E-state index in [4.69, 9.17) is 2.74 Å². The van der Waals surface area contributed by atoms with Gasteiger partial charge in [-0.25, -0.2) is 0 Å². The molecule has 4 fully saturated rings. The number of benzene rings is 6. The van der Waals surface area contributed by atoms with Crippen LogP contribution in [0.3, 0.4) is 0 Å². The molecule has 320 valence electrons. The van der Waals surface area contributed by atoms with Gasteiger partial charge in [-0.2, -0.15) is 0 Å². The van der Waals surface area contributed by atoms with Crippen molar-refractivity contribution < 1.29 is 9.60 Å². The molecule has 7 aliphatic carbocycles. The minimum atomic E-state index is -0.841. The van der Waals surface area contributed by atoms with E-state index in [0.717, 1.165) is 85.0 Å². The Morgan fingerprint density at radius 1 is 0.413 bits per heavy atom. The molecule has 13 rings (SSSR count). The zero-order chi connectivity index (χ0) is 49.4. The summed E-state index contributed by atoms with van der Waals surface area (Å²) in [5.41, 5.74) is 13.4. The van der Waals surface area contributed by atoms with Gasteiger partial charge in [0.25, 0.3) is 0 Å². The van der Waals surface area contributed by atoms with Gasteiger partial charge < -0.3 is 4.90 Å². The number of fused-ring (bicyclic) bond motifs is 5. The van der Waals surface area contributed by atoms with Gasteiger partial charge in [-0.15, -0.1) is 0 Å². The second-order valence-electron chi connectivity index (χ2n) is 23.4. The van der Waals surface area contributed by atoms with E-state index in [1.807, 2.05) is 4.90 Å². The van der Waals surface area contributed by atoms with E-state index >= 15 is 0 Å². The van der Waals surface area contributed by atoms with Crippen LogP contribution in [0.5, 0.6) is 0 Å². The van der Waals surface area contributed by atoms with Crippen LogP contribution in [0.15, 0.2) is 127 Å². The molecule has 1 heteroatoms. The molecule has 6 aromatic carbocycles. The zero-order valence-corrected chi connectivity index (χ0v) is 38.7. The molecule has 0 N–H and O–H groups in total. The lowest BCUT2D eigenvalue weighted by Crippen LogP contribution is -2.55. The fraction of sp³-hybridized carbons (Fsp3) is 0.419. The van der Waals surface area contributed by atoms with Gasteiger partial charge >= 0.3 is 0 Å². The first kappa shape index (κ1) is 32.7. The van der Waals surface area contributed by atoms with Crippen LogP contribution >= 0.6 is 0 Å². The maximum absolute atomic E-state index is 10.6. The largest absolute Gasteiger partial charge is 0.310 e. The second-order valence-corrected chi connectivity index (χ2v) is 23.4. The predicted molar refractivity (Wildman–Crippen MR) is 266 cm³/mol. The van der Waals surface area contributed by atoms with E-state index in [-0.39, 0.29) is 75.8 Å². The highest BCUT2D eigenvalue weighted by Gasteiger charge is 2.61. The normalized spacial score (nSPS) is 28.6. The second kappa shape index (κ2) is 13.6. The van der Waals surface area contributed by atoms with Crippen molar-refractivity contribution in [2.45, 2.75) is 140 Å². The molecule has 1 nitrogen and oxygen atoms in total. The van der Waals surface area contributed by atoms with Gasteiger partial charge in [-0.3, -0.25) is 0 Å². The first-order chi connectivity index (χ1) is 33.0. The Morgan fingerprint density at radius 2 is 0.841 bits per heavy atom. The van der Waals surface area contributed by atoms with Crippen LogP contribution in [0.4, 0.5) is 17.1 Å². The molecule has 0 saturated heterocycles. The van der Waals surface area contributed by atoms with Crippen LogP contribution in [0.25, 0.3) is 33.4 Å². The summed E-state index contributed by atoms with van der Waals surface area (Å²) in [6.07, 6.45) is 9.55. The van der Waals surface area contributed by atoms with Crippen molar-refractivity contribution in [3.8, 4) is 33.4 Å². The molecule has 7 aliphatic rings. The topological polar surface area (TPSA) is 3.24 Å². The van der Waals surface area contributed by atoms with Gasteiger partial charge in [0, 0.05) is 22.5 Å². The third-order valence-electron chi connectivity index (χ3n) is 17.8. The van der Waals surface area contributed by atoms with Crippen LogP contribution in [0, 0.1) is 23.7 Å². The molecule has 0 atom stereocenters. The van der Waals surface area contributed by atoms with Crippen molar-refractivity contribution >= 4 is 17.1 Å². The minimum Gasteiger partial charge on any atom is -0.310 e. The Labute approximate surface area is 388 Å². The van der Waals surface area contributed by atoms with Crippen LogP contribution in [-0.4, -0.2) is 0 Å². The molecular weight excluding hydrogens is 759 g/mol. The molecule has 4 bridgehead atoms. The van der Waals surface area contributed by atoms with Gasteiger partial charge in [0.1, 0.15) is 0 Å². The summed E-state index contributed by atoms with van der Waals surface area (Å²) in [7, 11) is 0. The smallest absolute Gasteiger partial charge is 0.0648 e. The minimum absolute atomic E-state index is 0.0437. The third kappa shape index (κ3) is 5.93. The highest BCUT2D eigenvalue weighted by atomic mass is 15.1. The summed E-state index contributed by atoms with van der Waals surface area (Å²) in [6, 6.07) is 30.1. The van der Waals surface area contributed by atoms with Crippen LogP contribution < -0.4 is 4.90 Å². The average Bonchev–Trinajstić information content (AvgIpc) is 3.66. The monoisotopic (exact) mass is 833 g/mol. The maximum Gasteiger partial charge on any atom is 0.0648 e. The molecular formula is C62H67N. The van der Waals surface area contributed by atoms with Gasteiger partial charge in [-0.1, -0.05) is 146 Å². The summed E-state index contributed by atoms with van der Waals surface area (Å²) in [6.45, 7) is 18.9. The van der Waals surface area contributed by atoms with Crippen molar-refractivity contribution in [2.24, 2.45) is 23.7 Å². The van der Waals surface area contributed by atoms with Crippen LogP contribution in [-0.2, 0) is 27.1 Å². The van der Waals surface area contributed by atoms with E-state index in [1.54, 1.807) is 0 Å². The highest BCUT2D eigenvalue weighted by molar-refractivity contribution is 5.87. The van der Waals surface area contributed by atoms with Crippen molar-refractivity contribution in [2.75, 3.05) is 4.90 Å². The number of anilines is 3. The molecule has 4 saturated carbocycles. The Kier molecular flexibility index (Phi) is 7.05. The van der Waals surface area contributed by atoms with Crippen LogP contribution in [0.1, 0.15) is 156 Å². The number of hydrogen-bond acceptors (Lipinski definition) is 1. The molecule has 0 radical (unpaired) electrons. The molecule has 6 aromatic rings. The van der Waals surface area contributed by atoms with Gasteiger partial charge in [0.2, 0.25) is 0 Å². The molecule has 63 heavy (non-hydrogen) atoms. The highest BCUT2D eigenvalue weighted by Crippen LogP contribution is 2.69. The van der Waals surface area contributed by atoms with Crippen molar-refractivity contribution in [3.05, 3.63) is 161 Å². The first-order valence-electron chi connectivity index (χ1n) is 27.6. The molecule has 1 spiro atoms. The van der Waals surface area contributed by atoms with E-state index in [9.17, 15) is 6.85 Å². The molecule has 0 heterocycles. The van der Waals surface area contributed by atoms with Gasteiger partial charge in [0.05, 0.1) is 9.60 Å². The fourth-order valence-corrected chi connectivity index (χ4v) is 14.2. The zero-order valence-electron chi connectivity index (χ0n) is 45.7. The Balaban J connectivity index is 1.05. The lowest BCUT2D eigenvalue weighted by Gasteiger charge is -2.61. The van der Waals surface area contributed by atoms with Gasteiger partial charge in [0.15, 0.2) is 0 Å². The summed E-state index contributed by atoms with van der Waals surface area (Å²) in [5.74, 6) is 1.29. The lowest BCUT2D eigenvalue weighted by atomic mass is 9.43. The van der Waals surface area contributed by atoms with E-state index in [2.05, 4.69) is 140 Å². The van der Waals surface area contributed by atoms with E-state index < -0.39 is 5.41 Å². The van der Waals surface area contributed by atoms with E-state index in [1.165, 1.54) is 28.7 Å². The number of nitrogens with zero attached hydrogens (tertiary/aromatic N) is 1. The SMILES string of the molecule is [2H]c1c([2H])c([2H])c2c(c1[2H])-c1c([2H])c([2H])c(N(c3ccc(-c4ccc5c(c4)C(C)(C)CCC5(C)C)cc3)c3ccc(-c4ccc5c(c4)C(C)(C)CCC5(C)C)cc3)c([2H])c1C21C2CC3CC(C2)CC1C3. The summed E-state index contributed by atoms with van der Waals surface area (Å²) in [5, 5.41) is 0. The molecule has 0 unspecified atom stereocenters. The quantitative estimate of drug-likeness (QED) is 0.167. The van der Waals surface area contributed by atoms with Crippen molar-refractivity contribution in [3.63, 3.8) is 0 Å². The Morgan fingerprint density at radius 3 is 1.33 bits per heavy atom. The van der Waals surface area contributed by atoms with Crippen LogP contribution in [0.2, 0.25) is 0 Å². The Bertz CT molecular complexity index is 3040.